The predicted molar refractivity (Wildman–Crippen MR) is 162 cm³/mol. The van der Waals surface area contributed by atoms with Crippen molar-refractivity contribution in [1.82, 2.24) is 15.0 Å². The van der Waals surface area contributed by atoms with E-state index in [1.165, 1.54) is 16.7 Å². The summed E-state index contributed by atoms with van der Waals surface area (Å²) in [6.07, 6.45) is 1.70. The molecule has 2 N–H and O–H groups in total. The number of aryl methyl sites for hydroxylation is 4. The molecule has 0 spiro atoms. The maximum Gasteiger partial charge on any atom is 0.271 e. The van der Waals surface area contributed by atoms with Crippen molar-refractivity contribution in [3.63, 3.8) is 0 Å². The summed E-state index contributed by atoms with van der Waals surface area (Å²) in [5.74, 6) is -0.263. The van der Waals surface area contributed by atoms with E-state index in [4.69, 9.17) is 0 Å². The molecular formula is C32H31N5OS. The molecule has 1 amide bonds. The van der Waals surface area contributed by atoms with E-state index in [0.29, 0.717) is 5.56 Å². The van der Waals surface area contributed by atoms with Crippen molar-refractivity contribution in [3.05, 3.63) is 117 Å². The SMILES string of the molecule is Cc1ccc(Nc2nc(-c3ccc(C(=O)N/N=C\c4cc(C)n(-c5cc(C)cc(C)c5)c4C)cc3)cs2)cc1. The van der Waals surface area contributed by atoms with Gasteiger partial charge >= 0.3 is 0 Å². The first kappa shape index (κ1) is 26.1. The van der Waals surface area contributed by atoms with Crippen LogP contribution in [0.4, 0.5) is 10.8 Å². The summed E-state index contributed by atoms with van der Waals surface area (Å²) in [5.41, 5.74) is 13.9. The maximum atomic E-state index is 12.7. The fourth-order valence-corrected chi connectivity index (χ4v) is 5.38. The molecule has 0 fully saturated rings. The summed E-state index contributed by atoms with van der Waals surface area (Å²) >= 11 is 1.54. The molecule has 0 saturated heterocycles. The lowest BCUT2D eigenvalue weighted by Crippen LogP contribution is -2.17. The summed E-state index contributed by atoms with van der Waals surface area (Å²) in [5, 5.41) is 10.4. The molecule has 196 valence electrons. The van der Waals surface area contributed by atoms with E-state index in [2.05, 4.69) is 96.4 Å². The van der Waals surface area contributed by atoms with E-state index in [-0.39, 0.29) is 5.91 Å². The Morgan fingerprint density at radius 1 is 0.872 bits per heavy atom. The number of carbonyl (C=O) groups excluding carboxylic acids is 1. The highest BCUT2D eigenvalue weighted by molar-refractivity contribution is 7.14. The van der Waals surface area contributed by atoms with Crippen molar-refractivity contribution in [3.8, 4) is 16.9 Å². The summed E-state index contributed by atoms with van der Waals surface area (Å²) in [6.45, 7) is 10.4. The molecule has 0 bridgehead atoms. The van der Waals surface area contributed by atoms with E-state index in [1.54, 1.807) is 29.7 Å². The van der Waals surface area contributed by atoms with Gasteiger partial charge in [0.05, 0.1) is 11.9 Å². The number of aromatic nitrogens is 2. The largest absolute Gasteiger partial charge is 0.332 e. The smallest absolute Gasteiger partial charge is 0.271 e. The van der Waals surface area contributed by atoms with E-state index >= 15 is 0 Å². The van der Waals surface area contributed by atoms with Crippen LogP contribution in [-0.4, -0.2) is 21.7 Å². The van der Waals surface area contributed by atoms with Crippen molar-refractivity contribution in [2.45, 2.75) is 34.6 Å². The van der Waals surface area contributed by atoms with Crippen LogP contribution in [0, 0.1) is 34.6 Å². The van der Waals surface area contributed by atoms with Crippen molar-refractivity contribution in [2.75, 3.05) is 5.32 Å². The van der Waals surface area contributed by atoms with Crippen LogP contribution in [0.15, 0.2) is 83.3 Å². The van der Waals surface area contributed by atoms with Gasteiger partial charge in [0.1, 0.15) is 0 Å². The van der Waals surface area contributed by atoms with Crippen LogP contribution >= 0.6 is 11.3 Å². The third-order valence-electron chi connectivity index (χ3n) is 6.55. The Morgan fingerprint density at radius 2 is 1.56 bits per heavy atom. The van der Waals surface area contributed by atoms with Crippen molar-refractivity contribution >= 4 is 34.3 Å². The zero-order chi connectivity index (χ0) is 27.5. The molecule has 2 aromatic heterocycles. The molecule has 2 heterocycles. The number of anilines is 2. The van der Waals surface area contributed by atoms with Crippen LogP contribution in [0.1, 0.15) is 44.0 Å². The van der Waals surface area contributed by atoms with Crippen molar-refractivity contribution in [2.24, 2.45) is 5.10 Å². The average Bonchev–Trinajstić information content (AvgIpc) is 3.48. The number of rotatable bonds is 7. The molecule has 39 heavy (non-hydrogen) atoms. The molecular weight excluding hydrogens is 502 g/mol. The Balaban J connectivity index is 1.23. The van der Waals surface area contributed by atoms with Gasteiger partial charge in [0, 0.05) is 44.8 Å². The molecule has 0 radical (unpaired) electrons. The summed E-state index contributed by atoms with van der Waals surface area (Å²) in [7, 11) is 0. The number of nitrogens with zero attached hydrogens (tertiary/aromatic N) is 3. The number of hydrogen-bond acceptors (Lipinski definition) is 5. The average molecular weight is 534 g/mol. The second-order valence-electron chi connectivity index (χ2n) is 9.81. The third kappa shape index (κ3) is 5.99. The standard InChI is InChI=1S/C32H31N5OS/c1-20-6-12-28(13-7-20)34-32-35-30(19-39-32)25-8-10-26(11-9-25)31(38)36-33-18-27-17-23(4)37(24(27)5)29-15-21(2)14-22(3)16-29/h6-19H,1-5H3,(H,34,35)(H,36,38)/b33-18-. The molecule has 3 aromatic carbocycles. The molecule has 0 aliphatic rings. The normalized spacial score (nSPS) is 11.2. The van der Waals surface area contributed by atoms with E-state index in [9.17, 15) is 4.79 Å². The first-order valence-corrected chi connectivity index (χ1v) is 13.7. The maximum absolute atomic E-state index is 12.7. The lowest BCUT2D eigenvalue weighted by atomic mass is 10.1. The van der Waals surface area contributed by atoms with Gasteiger partial charge in [-0.25, -0.2) is 10.4 Å². The third-order valence-corrected chi connectivity index (χ3v) is 7.31. The lowest BCUT2D eigenvalue weighted by Gasteiger charge is -2.11. The first-order chi connectivity index (χ1) is 18.8. The minimum absolute atomic E-state index is 0.263. The number of amides is 1. The monoisotopic (exact) mass is 533 g/mol. The van der Waals surface area contributed by atoms with E-state index in [1.807, 2.05) is 29.6 Å². The number of carbonyl (C=O) groups is 1. The van der Waals surface area contributed by atoms with Gasteiger partial charge in [-0.1, -0.05) is 35.9 Å². The molecule has 0 aliphatic carbocycles. The van der Waals surface area contributed by atoms with Crippen LogP contribution in [-0.2, 0) is 0 Å². The highest BCUT2D eigenvalue weighted by atomic mass is 32.1. The minimum atomic E-state index is -0.263. The number of hydrogen-bond donors (Lipinski definition) is 2. The van der Waals surface area contributed by atoms with Gasteiger partial charge in [-0.05, 0) is 88.2 Å². The zero-order valence-electron chi connectivity index (χ0n) is 22.7. The van der Waals surface area contributed by atoms with Gasteiger partial charge in [-0.2, -0.15) is 5.10 Å². The molecule has 5 aromatic rings. The Kier molecular flexibility index (Phi) is 7.43. The van der Waals surface area contributed by atoms with Gasteiger partial charge in [0.15, 0.2) is 5.13 Å². The van der Waals surface area contributed by atoms with Gasteiger partial charge in [0.2, 0.25) is 0 Å². The molecule has 0 unspecified atom stereocenters. The second-order valence-corrected chi connectivity index (χ2v) is 10.7. The predicted octanol–water partition coefficient (Wildman–Crippen LogP) is 7.65. The van der Waals surface area contributed by atoms with E-state index in [0.717, 1.165) is 44.7 Å². The summed E-state index contributed by atoms with van der Waals surface area (Å²) in [6, 6.07) is 24.2. The Bertz CT molecular complexity index is 1640. The van der Waals surface area contributed by atoms with Gasteiger partial charge in [-0.15, -0.1) is 11.3 Å². The second kappa shape index (κ2) is 11.1. The quantitative estimate of drug-likeness (QED) is 0.167. The first-order valence-electron chi connectivity index (χ1n) is 12.8. The molecule has 5 rings (SSSR count). The molecule has 0 aliphatic heterocycles. The van der Waals surface area contributed by atoms with E-state index < -0.39 is 0 Å². The fraction of sp³-hybridized carbons (Fsp3) is 0.156. The number of hydrazone groups is 1. The van der Waals surface area contributed by atoms with Gasteiger partial charge in [0.25, 0.3) is 5.91 Å². The number of thiazole rings is 1. The Morgan fingerprint density at radius 3 is 2.26 bits per heavy atom. The summed E-state index contributed by atoms with van der Waals surface area (Å²) < 4.78 is 2.21. The van der Waals surface area contributed by atoms with Gasteiger partial charge in [-0.3, -0.25) is 4.79 Å². The fourth-order valence-electron chi connectivity index (χ4n) is 4.64. The van der Waals surface area contributed by atoms with Crippen LogP contribution in [0.25, 0.3) is 16.9 Å². The summed E-state index contributed by atoms with van der Waals surface area (Å²) in [4.78, 5) is 17.4. The van der Waals surface area contributed by atoms with Crippen LogP contribution < -0.4 is 10.7 Å². The Hall–Kier alpha value is -4.49. The number of benzene rings is 3. The van der Waals surface area contributed by atoms with Gasteiger partial charge < -0.3 is 9.88 Å². The zero-order valence-corrected chi connectivity index (χ0v) is 23.6. The molecule has 0 atom stereocenters. The van der Waals surface area contributed by atoms with Crippen molar-refractivity contribution < 1.29 is 4.79 Å². The van der Waals surface area contributed by atoms with Crippen molar-refractivity contribution in [1.29, 1.82) is 0 Å². The van der Waals surface area contributed by atoms with Crippen LogP contribution in [0.3, 0.4) is 0 Å². The topological polar surface area (TPSA) is 71.3 Å². The number of nitrogens with one attached hydrogen (secondary N) is 2. The van der Waals surface area contributed by atoms with Crippen LogP contribution in [0.2, 0.25) is 0 Å². The highest BCUT2D eigenvalue weighted by Crippen LogP contribution is 2.27. The highest BCUT2D eigenvalue weighted by Gasteiger charge is 2.11. The molecule has 7 heteroatoms. The Labute approximate surface area is 233 Å². The molecule has 6 nitrogen and oxygen atoms in total. The minimum Gasteiger partial charge on any atom is -0.332 e. The van der Waals surface area contributed by atoms with Crippen LogP contribution in [0.5, 0.6) is 0 Å². The lowest BCUT2D eigenvalue weighted by molar-refractivity contribution is 0.0955. The molecule has 0 saturated carbocycles.